The molecule has 6 heteroatoms. The second-order valence-electron chi connectivity index (χ2n) is 6.44. The van der Waals surface area contributed by atoms with Crippen LogP contribution in [-0.2, 0) is 4.79 Å². The largest absolute Gasteiger partial charge is 0.342 e. The Balaban J connectivity index is 0.00000192. The molecule has 3 nitrogen and oxygen atoms in total. The number of carbonyl (C=O) groups is 1. The van der Waals surface area contributed by atoms with Gasteiger partial charge >= 0.3 is 0 Å². The molecule has 1 aliphatic heterocycles. The summed E-state index contributed by atoms with van der Waals surface area (Å²) in [5.41, 5.74) is 0.350. The second kappa shape index (κ2) is 7.58. The fourth-order valence-corrected chi connectivity index (χ4v) is 3.49. The lowest BCUT2D eigenvalue weighted by Crippen LogP contribution is -2.41. The maximum absolute atomic E-state index is 13.8. The van der Waals surface area contributed by atoms with Crippen molar-refractivity contribution in [3.05, 3.63) is 35.4 Å². The number of nitrogens with one attached hydrogen (secondary N) is 1. The normalized spacial score (nSPS) is 24.2. The van der Waals surface area contributed by atoms with Crippen LogP contribution in [0.25, 0.3) is 0 Å². The highest BCUT2D eigenvalue weighted by Gasteiger charge is 2.47. The van der Waals surface area contributed by atoms with Crippen molar-refractivity contribution in [3.8, 4) is 0 Å². The van der Waals surface area contributed by atoms with Crippen molar-refractivity contribution < 1.29 is 13.6 Å². The lowest BCUT2D eigenvalue weighted by molar-refractivity contribution is -0.134. The predicted octanol–water partition coefficient (Wildman–Crippen LogP) is 2.95. The molecule has 2 atom stereocenters. The van der Waals surface area contributed by atoms with Crippen LogP contribution in [0.1, 0.15) is 30.7 Å². The fourth-order valence-electron chi connectivity index (χ4n) is 3.49. The summed E-state index contributed by atoms with van der Waals surface area (Å²) in [7, 11) is 1.94. The van der Waals surface area contributed by atoms with E-state index >= 15 is 0 Å². The molecule has 1 N–H and O–H groups in total. The number of hydrogen-bond donors (Lipinski definition) is 1. The highest BCUT2D eigenvalue weighted by molar-refractivity contribution is 5.85. The minimum atomic E-state index is -0.442. The van der Waals surface area contributed by atoms with Gasteiger partial charge in [-0.2, -0.15) is 0 Å². The SMILES string of the molecule is CNCC1CCN(C(=O)C2CC2c2cc(F)ccc2F)CC1.Cl. The van der Waals surface area contributed by atoms with Crippen LogP contribution in [-0.4, -0.2) is 37.5 Å². The van der Waals surface area contributed by atoms with Crippen LogP contribution in [0, 0.1) is 23.5 Å². The van der Waals surface area contributed by atoms with Crippen molar-refractivity contribution in [2.45, 2.75) is 25.2 Å². The molecule has 1 heterocycles. The van der Waals surface area contributed by atoms with Gasteiger partial charge in [0, 0.05) is 19.0 Å². The first-order valence-electron chi connectivity index (χ1n) is 7.98. The third-order valence-corrected chi connectivity index (χ3v) is 4.88. The fraction of sp³-hybridized carbons (Fsp3) is 0.588. The molecular weight excluding hydrogens is 322 g/mol. The number of nitrogens with zero attached hydrogens (tertiary/aromatic N) is 1. The Kier molecular flexibility index (Phi) is 5.98. The summed E-state index contributed by atoms with van der Waals surface area (Å²) in [6, 6.07) is 3.49. The predicted molar refractivity (Wildman–Crippen MR) is 87.7 cm³/mol. The van der Waals surface area contributed by atoms with E-state index in [2.05, 4.69) is 5.32 Å². The Labute approximate surface area is 141 Å². The van der Waals surface area contributed by atoms with Gasteiger partial charge in [-0.15, -0.1) is 12.4 Å². The number of benzene rings is 1. The third-order valence-electron chi connectivity index (χ3n) is 4.88. The quantitative estimate of drug-likeness (QED) is 0.910. The summed E-state index contributed by atoms with van der Waals surface area (Å²) < 4.78 is 27.0. The number of halogens is 3. The van der Waals surface area contributed by atoms with Gasteiger partial charge in [0.15, 0.2) is 0 Å². The Morgan fingerprint density at radius 2 is 2.00 bits per heavy atom. The third kappa shape index (κ3) is 4.01. The van der Waals surface area contributed by atoms with Crippen molar-refractivity contribution in [2.75, 3.05) is 26.7 Å². The lowest BCUT2D eigenvalue weighted by atomic mass is 9.96. The van der Waals surface area contributed by atoms with Gasteiger partial charge in [-0.25, -0.2) is 8.78 Å². The second-order valence-corrected chi connectivity index (χ2v) is 6.44. The summed E-state index contributed by atoms with van der Waals surface area (Å²) in [5.74, 6) is -0.437. The monoisotopic (exact) mass is 344 g/mol. The van der Waals surface area contributed by atoms with E-state index in [0.717, 1.165) is 44.6 Å². The van der Waals surface area contributed by atoms with Crippen LogP contribution in [0.2, 0.25) is 0 Å². The Hall–Kier alpha value is -1.20. The van der Waals surface area contributed by atoms with E-state index in [4.69, 9.17) is 0 Å². The molecule has 128 valence electrons. The van der Waals surface area contributed by atoms with Crippen LogP contribution < -0.4 is 5.32 Å². The molecule has 2 fully saturated rings. The zero-order valence-electron chi connectivity index (χ0n) is 13.2. The minimum absolute atomic E-state index is 0. The van der Waals surface area contributed by atoms with Gasteiger partial charge in [-0.1, -0.05) is 0 Å². The maximum Gasteiger partial charge on any atom is 0.226 e. The van der Waals surface area contributed by atoms with Crippen molar-refractivity contribution >= 4 is 18.3 Å². The molecule has 23 heavy (non-hydrogen) atoms. The van der Waals surface area contributed by atoms with E-state index in [0.29, 0.717) is 17.9 Å². The van der Waals surface area contributed by atoms with Crippen molar-refractivity contribution in [1.29, 1.82) is 0 Å². The van der Waals surface area contributed by atoms with Gasteiger partial charge in [0.1, 0.15) is 11.6 Å². The number of rotatable bonds is 4. The molecule has 0 aromatic heterocycles. The van der Waals surface area contributed by atoms with Gasteiger partial charge < -0.3 is 10.2 Å². The molecule has 1 amide bonds. The van der Waals surface area contributed by atoms with E-state index < -0.39 is 11.6 Å². The summed E-state index contributed by atoms with van der Waals surface area (Å²) >= 11 is 0. The van der Waals surface area contributed by atoms with Crippen LogP contribution in [0.3, 0.4) is 0 Å². The molecule has 2 unspecified atom stereocenters. The Morgan fingerprint density at radius 1 is 1.30 bits per heavy atom. The molecule has 1 aromatic carbocycles. The van der Waals surface area contributed by atoms with Gasteiger partial charge in [0.2, 0.25) is 5.91 Å². The molecule has 1 saturated carbocycles. The molecule has 1 aromatic rings. The molecule has 1 saturated heterocycles. The van der Waals surface area contributed by atoms with Crippen LogP contribution in [0.5, 0.6) is 0 Å². The minimum Gasteiger partial charge on any atom is -0.342 e. The highest BCUT2D eigenvalue weighted by Crippen LogP contribution is 2.49. The zero-order chi connectivity index (χ0) is 15.7. The topological polar surface area (TPSA) is 32.3 Å². The van der Waals surface area contributed by atoms with Crippen LogP contribution in [0.15, 0.2) is 18.2 Å². The van der Waals surface area contributed by atoms with Crippen molar-refractivity contribution in [3.63, 3.8) is 0 Å². The van der Waals surface area contributed by atoms with Gasteiger partial charge in [-0.3, -0.25) is 4.79 Å². The van der Waals surface area contributed by atoms with E-state index in [1.54, 1.807) is 0 Å². The zero-order valence-corrected chi connectivity index (χ0v) is 14.0. The highest BCUT2D eigenvalue weighted by atomic mass is 35.5. The first-order valence-corrected chi connectivity index (χ1v) is 7.98. The van der Waals surface area contributed by atoms with Crippen molar-refractivity contribution in [2.24, 2.45) is 11.8 Å². The number of piperidine rings is 1. The summed E-state index contributed by atoms with van der Waals surface area (Å²) in [4.78, 5) is 14.4. The molecular formula is C17H23ClF2N2O. The van der Waals surface area contributed by atoms with Crippen LogP contribution >= 0.6 is 12.4 Å². The van der Waals surface area contributed by atoms with E-state index in [-0.39, 0.29) is 30.2 Å². The van der Waals surface area contributed by atoms with E-state index in [1.165, 1.54) is 6.07 Å². The average molecular weight is 345 g/mol. The van der Waals surface area contributed by atoms with Gasteiger partial charge in [-0.05, 0) is 68.5 Å². The number of carbonyl (C=O) groups excluding carboxylic acids is 1. The lowest BCUT2D eigenvalue weighted by Gasteiger charge is -2.32. The molecule has 1 aliphatic carbocycles. The van der Waals surface area contributed by atoms with E-state index in [1.807, 2.05) is 11.9 Å². The first kappa shape index (κ1) is 18.1. The summed E-state index contributed by atoms with van der Waals surface area (Å²) in [6.45, 7) is 2.54. The van der Waals surface area contributed by atoms with Crippen LogP contribution in [0.4, 0.5) is 8.78 Å². The average Bonchev–Trinajstić information content (AvgIpc) is 3.30. The maximum atomic E-state index is 13.8. The Bertz CT molecular complexity index is 562. The smallest absolute Gasteiger partial charge is 0.226 e. The molecule has 0 bridgehead atoms. The van der Waals surface area contributed by atoms with Crippen molar-refractivity contribution in [1.82, 2.24) is 10.2 Å². The molecule has 3 rings (SSSR count). The molecule has 2 aliphatic rings. The van der Waals surface area contributed by atoms with Gasteiger partial charge in [0.05, 0.1) is 0 Å². The number of amides is 1. The standard InChI is InChI=1S/C17H22F2N2O.ClH/c1-20-10-11-4-6-21(7-5-11)17(22)15-9-13(15)14-8-12(18)2-3-16(14)19;/h2-3,8,11,13,15,20H,4-7,9-10H2,1H3;1H. The number of likely N-dealkylation sites (tertiary alicyclic amines) is 1. The Morgan fingerprint density at radius 3 is 2.65 bits per heavy atom. The summed E-state index contributed by atoms with van der Waals surface area (Å²) in [6.07, 6.45) is 2.66. The molecule has 0 spiro atoms. The van der Waals surface area contributed by atoms with Gasteiger partial charge in [0.25, 0.3) is 0 Å². The first-order chi connectivity index (χ1) is 10.6. The van der Waals surface area contributed by atoms with E-state index in [9.17, 15) is 13.6 Å². The number of hydrogen-bond acceptors (Lipinski definition) is 2. The molecule has 0 radical (unpaired) electrons. The summed E-state index contributed by atoms with van der Waals surface area (Å²) in [5, 5.41) is 3.18.